The Labute approximate surface area is 95.9 Å². The molecule has 0 amide bonds. The van der Waals surface area contributed by atoms with Gasteiger partial charge in [0.1, 0.15) is 11.1 Å². The topological polar surface area (TPSA) is 38.2 Å². The summed E-state index contributed by atoms with van der Waals surface area (Å²) in [6.07, 6.45) is 1.43. The first-order chi connectivity index (χ1) is 6.65. The molecule has 1 saturated heterocycles. The zero-order valence-corrected chi connectivity index (χ0v) is 9.22. The van der Waals surface area contributed by atoms with Gasteiger partial charge in [0.25, 0.3) is 0 Å². The van der Waals surface area contributed by atoms with Gasteiger partial charge >= 0.3 is 0 Å². The summed E-state index contributed by atoms with van der Waals surface area (Å²) in [6.45, 7) is 1.30. The van der Waals surface area contributed by atoms with Crippen LogP contribution >= 0.6 is 35.0 Å². The van der Waals surface area contributed by atoms with E-state index < -0.39 is 0 Å². The number of nitrogens with zero attached hydrogens (tertiary/aromatic N) is 3. The van der Waals surface area contributed by atoms with Crippen LogP contribution in [0.3, 0.4) is 0 Å². The molecule has 1 fully saturated rings. The number of halogens is 3. The van der Waals surface area contributed by atoms with Crippen molar-refractivity contribution in [2.24, 2.45) is 0 Å². The second-order valence-electron chi connectivity index (χ2n) is 2.86. The summed E-state index contributed by atoms with van der Waals surface area (Å²) in [5.74, 6) is 0.307. The molecule has 0 spiro atoms. The predicted molar refractivity (Wildman–Crippen MR) is 53.9 cm³/mol. The first kappa shape index (κ1) is 10.2. The fourth-order valence-electron chi connectivity index (χ4n) is 1.03. The molecule has 0 radical (unpaired) electrons. The number of ether oxygens (including phenoxy) is 1. The van der Waals surface area contributed by atoms with Gasteiger partial charge in [-0.15, -0.1) is 0 Å². The lowest BCUT2D eigenvalue weighted by molar-refractivity contribution is 0.0741. The average molecular weight is 255 g/mol. The average Bonchev–Trinajstić information content (AvgIpc) is 2.09. The molecule has 1 aliphatic rings. The van der Waals surface area contributed by atoms with E-state index in [-0.39, 0.29) is 11.4 Å². The van der Waals surface area contributed by atoms with Gasteiger partial charge in [-0.25, -0.2) is 9.40 Å². The van der Waals surface area contributed by atoms with Crippen LogP contribution in [0.4, 0.5) is 0 Å². The van der Waals surface area contributed by atoms with E-state index in [9.17, 15) is 0 Å². The molecule has 0 aliphatic carbocycles. The highest BCUT2D eigenvalue weighted by molar-refractivity contribution is 6.32. The Kier molecular flexibility index (Phi) is 2.97. The van der Waals surface area contributed by atoms with Crippen LogP contribution in [0, 0.1) is 0 Å². The fraction of sp³-hybridized carbons (Fsp3) is 0.429. The van der Waals surface area contributed by atoms with E-state index in [2.05, 4.69) is 9.97 Å². The summed E-state index contributed by atoms with van der Waals surface area (Å²) in [5.41, 5.74) is 0. The maximum Gasteiger partial charge on any atom is 0.237 e. The fourth-order valence-corrected chi connectivity index (χ4v) is 1.60. The van der Waals surface area contributed by atoms with Crippen LogP contribution in [0.15, 0.2) is 6.20 Å². The quantitative estimate of drug-likeness (QED) is 0.598. The Morgan fingerprint density at radius 2 is 2.14 bits per heavy atom. The minimum atomic E-state index is 0.0240. The first-order valence-electron chi connectivity index (χ1n) is 3.90. The third kappa shape index (κ3) is 2.20. The van der Waals surface area contributed by atoms with Crippen molar-refractivity contribution in [3.05, 3.63) is 16.5 Å². The van der Waals surface area contributed by atoms with Gasteiger partial charge in [-0.2, -0.15) is 4.98 Å². The van der Waals surface area contributed by atoms with Crippen molar-refractivity contribution in [3.8, 4) is 5.88 Å². The Balaban J connectivity index is 2.05. The van der Waals surface area contributed by atoms with Gasteiger partial charge in [0.2, 0.25) is 11.2 Å². The van der Waals surface area contributed by atoms with E-state index >= 15 is 0 Å². The number of hydrogen-bond donors (Lipinski definition) is 0. The Morgan fingerprint density at radius 3 is 2.79 bits per heavy atom. The van der Waals surface area contributed by atoms with Crippen molar-refractivity contribution < 1.29 is 4.74 Å². The summed E-state index contributed by atoms with van der Waals surface area (Å²) >= 11 is 17.0. The van der Waals surface area contributed by atoms with E-state index in [1.54, 1.807) is 4.42 Å². The predicted octanol–water partition coefficient (Wildman–Crippen LogP) is 2.00. The van der Waals surface area contributed by atoms with Crippen molar-refractivity contribution in [3.63, 3.8) is 0 Å². The minimum Gasteiger partial charge on any atom is -0.470 e. The third-order valence-corrected chi connectivity index (χ3v) is 2.48. The van der Waals surface area contributed by atoms with Gasteiger partial charge in [-0.1, -0.05) is 11.6 Å². The van der Waals surface area contributed by atoms with Gasteiger partial charge in [-0.3, -0.25) is 0 Å². The molecule has 0 aromatic carbocycles. The molecule has 1 aromatic rings. The Bertz CT molecular complexity index is 343. The van der Waals surface area contributed by atoms with Crippen molar-refractivity contribution >= 4 is 35.0 Å². The van der Waals surface area contributed by atoms with Crippen molar-refractivity contribution in [2.45, 2.75) is 6.10 Å². The summed E-state index contributed by atoms with van der Waals surface area (Å²) < 4.78 is 7.05. The molecular formula is C7H6Cl3N3O. The van der Waals surface area contributed by atoms with Crippen LogP contribution in [0.1, 0.15) is 0 Å². The van der Waals surface area contributed by atoms with Gasteiger partial charge in [0.15, 0.2) is 0 Å². The standard InChI is InChI=1S/C7H6Cl3N3O/c8-5-1-11-7(9)12-6(5)14-4-2-13(10)3-4/h1,4H,2-3H2. The van der Waals surface area contributed by atoms with E-state index in [1.807, 2.05) is 0 Å². The van der Waals surface area contributed by atoms with E-state index in [4.69, 9.17) is 39.7 Å². The Morgan fingerprint density at radius 1 is 1.43 bits per heavy atom. The second kappa shape index (κ2) is 4.06. The van der Waals surface area contributed by atoms with Gasteiger partial charge < -0.3 is 4.74 Å². The molecule has 1 aromatic heterocycles. The molecular weight excluding hydrogens is 248 g/mol. The molecule has 7 heteroatoms. The van der Waals surface area contributed by atoms with E-state index in [1.165, 1.54) is 6.20 Å². The molecule has 2 heterocycles. The minimum absolute atomic E-state index is 0.0240. The SMILES string of the molecule is Clc1ncc(Cl)c(OC2CN(Cl)C2)n1. The third-order valence-electron chi connectivity index (χ3n) is 1.76. The van der Waals surface area contributed by atoms with Crippen molar-refractivity contribution in [1.82, 2.24) is 14.4 Å². The Hall–Kier alpha value is -0.290. The summed E-state index contributed by atoms with van der Waals surface area (Å²) in [5, 5.41) is 0.467. The molecule has 0 unspecified atom stereocenters. The molecule has 0 bridgehead atoms. The number of hydrogen-bond acceptors (Lipinski definition) is 4. The smallest absolute Gasteiger partial charge is 0.237 e. The lowest BCUT2D eigenvalue weighted by Crippen LogP contribution is -2.48. The highest BCUT2D eigenvalue weighted by Gasteiger charge is 2.28. The molecule has 76 valence electrons. The van der Waals surface area contributed by atoms with Crippen LogP contribution in [0.2, 0.25) is 10.3 Å². The zero-order chi connectivity index (χ0) is 10.1. The van der Waals surface area contributed by atoms with Crippen molar-refractivity contribution in [2.75, 3.05) is 13.1 Å². The maximum atomic E-state index is 5.80. The summed E-state index contributed by atoms with van der Waals surface area (Å²) in [6, 6.07) is 0. The monoisotopic (exact) mass is 253 g/mol. The van der Waals surface area contributed by atoms with Crippen LogP contribution < -0.4 is 4.74 Å². The van der Waals surface area contributed by atoms with Crippen LogP contribution in [0.5, 0.6) is 5.88 Å². The van der Waals surface area contributed by atoms with Crippen LogP contribution in [-0.4, -0.2) is 33.6 Å². The largest absolute Gasteiger partial charge is 0.470 e. The summed E-state index contributed by atoms with van der Waals surface area (Å²) in [4.78, 5) is 7.57. The van der Waals surface area contributed by atoms with Gasteiger partial charge in [-0.05, 0) is 23.4 Å². The maximum absolute atomic E-state index is 5.80. The molecule has 0 saturated carbocycles. The van der Waals surface area contributed by atoms with Crippen LogP contribution in [0.25, 0.3) is 0 Å². The van der Waals surface area contributed by atoms with E-state index in [0.29, 0.717) is 24.0 Å². The first-order valence-corrected chi connectivity index (χ1v) is 5.00. The molecule has 0 atom stereocenters. The summed E-state index contributed by atoms with van der Waals surface area (Å²) in [7, 11) is 0. The zero-order valence-electron chi connectivity index (χ0n) is 6.95. The molecule has 0 N–H and O–H groups in total. The van der Waals surface area contributed by atoms with Gasteiger partial charge in [0.05, 0.1) is 19.3 Å². The van der Waals surface area contributed by atoms with Gasteiger partial charge in [0, 0.05) is 0 Å². The number of rotatable bonds is 2. The van der Waals surface area contributed by atoms with Crippen molar-refractivity contribution in [1.29, 1.82) is 0 Å². The highest BCUT2D eigenvalue weighted by atomic mass is 35.5. The molecule has 4 nitrogen and oxygen atoms in total. The number of aromatic nitrogens is 2. The van der Waals surface area contributed by atoms with Crippen LogP contribution in [-0.2, 0) is 0 Å². The second-order valence-corrected chi connectivity index (χ2v) is 4.08. The highest BCUT2D eigenvalue weighted by Crippen LogP contribution is 2.25. The van der Waals surface area contributed by atoms with E-state index in [0.717, 1.165) is 0 Å². The molecule has 14 heavy (non-hydrogen) atoms. The lowest BCUT2D eigenvalue weighted by atomic mass is 10.2. The molecule has 2 rings (SSSR count). The lowest BCUT2D eigenvalue weighted by Gasteiger charge is -2.33. The molecule has 1 aliphatic heterocycles. The normalized spacial score (nSPS) is 17.9.